The van der Waals surface area contributed by atoms with Gasteiger partial charge in [0.15, 0.2) is 5.78 Å². The molecule has 3 aliphatic rings. The van der Waals surface area contributed by atoms with E-state index in [0.29, 0.717) is 29.9 Å². The van der Waals surface area contributed by atoms with Gasteiger partial charge in [0.1, 0.15) is 22.8 Å². The van der Waals surface area contributed by atoms with Crippen molar-refractivity contribution in [3.63, 3.8) is 0 Å². The number of anilines is 1. The fraction of sp³-hybridized carbons (Fsp3) is 0.316. The maximum atomic E-state index is 13.4. The number of benzene rings is 1. The summed E-state index contributed by atoms with van der Waals surface area (Å²) in [6, 6.07) is 9.24. The summed E-state index contributed by atoms with van der Waals surface area (Å²) in [5.41, 5.74) is 6.09. The van der Waals surface area contributed by atoms with Crippen LogP contribution in [0.3, 0.4) is 0 Å². The number of fused-ring (bicyclic) bond motifs is 3. The summed E-state index contributed by atoms with van der Waals surface area (Å²) in [4.78, 5) is 27.8. The van der Waals surface area contributed by atoms with Gasteiger partial charge >= 0.3 is 0 Å². The molecule has 126 valence electrons. The molecule has 0 saturated carbocycles. The summed E-state index contributed by atoms with van der Waals surface area (Å²) < 4.78 is 5.64. The van der Waals surface area contributed by atoms with Gasteiger partial charge < -0.3 is 15.4 Å². The Bertz CT molecular complexity index is 937. The molecule has 0 aromatic heterocycles. The highest BCUT2D eigenvalue weighted by atomic mass is 16.5. The van der Waals surface area contributed by atoms with Crippen LogP contribution in [-0.2, 0) is 19.7 Å². The molecule has 2 atom stereocenters. The van der Waals surface area contributed by atoms with E-state index in [0.717, 1.165) is 0 Å². The molecule has 2 aliphatic heterocycles. The molecule has 6 heteroatoms. The number of ketones is 1. The van der Waals surface area contributed by atoms with Crippen LogP contribution >= 0.6 is 0 Å². The van der Waals surface area contributed by atoms with E-state index < -0.39 is 5.41 Å². The molecule has 1 aromatic carbocycles. The number of nitrogens with two attached hydrogens (primary N) is 1. The molecule has 1 aromatic rings. The van der Waals surface area contributed by atoms with Gasteiger partial charge in [-0.05, 0) is 12.0 Å². The summed E-state index contributed by atoms with van der Waals surface area (Å²) in [7, 11) is 1.65. The molecule has 6 nitrogen and oxygen atoms in total. The number of carbonyl (C=O) groups excluding carboxylic acids is 2. The van der Waals surface area contributed by atoms with E-state index in [2.05, 4.69) is 0 Å². The first-order valence-corrected chi connectivity index (χ1v) is 8.15. The van der Waals surface area contributed by atoms with Crippen molar-refractivity contribution in [1.82, 2.24) is 0 Å². The molecule has 0 fully saturated rings. The number of amides is 1. The van der Waals surface area contributed by atoms with Gasteiger partial charge in [0.2, 0.25) is 11.8 Å². The first-order chi connectivity index (χ1) is 11.9. The van der Waals surface area contributed by atoms with Crippen LogP contribution in [0.2, 0.25) is 0 Å². The van der Waals surface area contributed by atoms with Crippen molar-refractivity contribution < 1.29 is 14.3 Å². The third-order valence-electron chi connectivity index (χ3n) is 5.26. The number of hydrogen-bond donors (Lipinski definition) is 1. The highest BCUT2D eigenvalue weighted by Crippen LogP contribution is 2.55. The summed E-state index contributed by atoms with van der Waals surface area (Å²) in [5.74, 6) is -0.0797. The van der Waals surface area contributed by atoms with Gasteiger partial charge in [-0.3, -0.25) is 9.59 Å². The maximum Gasteiger partial charge on any atom is 0.247 e. The number of carbonyl (C=O) groups is 2. The fourth-order valence-corrected chi connectivity index (χ4v) is 4.25. The Morgan fingerprint density at radius 3 is 2.76 bits per heavy atom. The average Bonchev–Trinajstić information content (AvgIpc) is 2.78. The lowest BCUT2D eigenvalue weighted by Crippen LogP contribution is -2.48. The van der Waals surface area contributed by atoms with E-state index in [4.69, 9.17) is 10.5 Å². The molecule has 0 radical (unpaired) electrons. The number of nitrogens with zero attached hydrogens (tertiary/aromatic N) is 2. The Morgan fingerprint density at radius 2 is 2.04 bits per heavy atom. The monoisotopic (exact) mass is 335 g/mol. The van der Waals surface area contributed by atoms with Gasteiger partial charge in [0.05, 0.1) is 5.57 Å². The predicted octanol–water partition coefficient (Wildman–Crippen LogP) is 1.88. The molecule has 1 aliphatic carbocycles. The smallest absolute Gasteiger partial charge is 0.247 e. The second kappa shape index (κ2) is 4.96. The molecule has 0 saturated heterocycles. The largest absolute Gasteiger partial charge is 0.444 e. The third kappa shape index (κ3) is 1.73. The highest BCUT2D eigenvalue weighted by molar-refractivity contribution is 6.19. The number of para-hydroxylation sites is 1. The molecule has 2 heterocycles. The van der Waals surface area contributed by atoms with Crippen molar-refractivity contribution in [1.29, 1.82) is 5.26 Å². The van der Waals surface area contributed by atoms with E-state index in [1.54, 1.807) is 25.2 Å². The van der Waals surface area contributed by atoms with Crippen LogP contribution in [0.4, 0.5) is 5.69 Å². The minimum Gasteiger partial charge on any atom is -0.444 e. The fourth-order valence-electron chi connectivity index (χ4n) is 4.25. The number of Topliss-reactive ketones (excluding diaryl/α,β-unsaturated/α-hetero) is 1. The van der Waals surface area contributed by atoms with Crippen molar-refractivity contribution in [3.05, 3.63) is 52.6 Å². The van der Waals surface area contributed by atoms with Gasteiger partial charge in [-0.1, -0.05) is 25.1 Å². The first-order valence-electron chi connectivity index (χ1n) is 8.15. The van der Waals surface area contributed by atoms with Crippen LogP contribution in [0, 0.1) is 17.2 Å². The van der Waals surface area contributed by atoms with E-state index in [-0.39, 0.29) is 34.6 Å². The van der Waals surface area contributed by atoms with Crippen LogP contribution in [0.1, 0.15) is 25.3 Å². The lowest BCUT2D eigenvalue weighted by Gasteiger charge is -2.38. The van der Waals surface area contributed by atoms with Crippen molar-refractivity contribution >= 4 is 17.4 Å². The van der Waals surface area contributed by atoms with Crippen LogP contribution in [0.25, 0.3) is 0 Å². The maximum absolute atomic E-state index is 13.4. The van der Waals surface area contributed by atoms with Gasteiger partial charge in [0.25, 0.3) is 0 Å². The van der Waals surface area contributed by atoms with Gasteiger partial charge in [-0.2, -0.15) is 5.26 Å². The van der Waals surface area contributed by atoms with Gasteiger partial charge in [-0.15, -0.1) is 0 Å². The van der Waals surface area contributed by atoms with Crippen LogP contribution in [-0.4, -0.2) is 18.7 Å². The molecular weight excluding hydrogens is 318 g/mol. The Hall–Kier alpha value is -3.07. The van der Waals surface area contributed by atoms with E-state index in [1.165, 1.54) is 4.90 Å². The van der Waals surface area contributed by atoms with Crippen molar-refractivity contribution in [2.24, 2.45) is 11.7 Å². The Labute approximate surface area is 145 Å². The second-order valence-corrected chi connectivity index (χ2v) is 6.82. The Balaban J connectivity index is 2.13. The topological polar surface area (TPSA) is 96.4 Å². The minimum absolute atomic E-state index is 0.00375. The SMILES string of the molecule is C[C@H]1CC(=O)C2=C(C1)OC(N)=C(C#N)[C@]21C(=O)N(C)c2ccccc21. The quantitative estimate of drug-likeness (QED) is 0.781. The van der Waals surface area contributed by atoms with Crippen molar-refractivity contribution in [3.8, 4) is 6.07 Å². The third-order valence-corrected chi connectivity index (χ3v) is 5.26. The Kier molecular flexibility index (Phi) is 3.07. The molecular formula is C19H17N3O3. The zero-order valence-corrected chi connectivity index (χ0v) is 14.0. The normalized spacial score (nSPS) is 28.0. The van der Waals surface area contributed by atoms with Gasteiger partial charge in [0, 0.05) is 31.1 Å². The number of hydrogen-bond acceptors (Lipinski definition) is 5. The number of nitriles is 1. The van der Waals surface area contributed by atoms with Crippen LogP contribution in [0.5, 0.6) is 0 Å². The average molecular weight is 335 g/mol. The molecule has 2 N–H and O–H groups in total. The molecule has 0 unspecified atom stereocenters. The number of allylic oxidation sites excluding steroid dienone is 1. The number of rotatable bonds is 0. The Morgan fingerprint density at radius 1 is 1.32 bits per heavy atom. The summed E-state index contributed by atoms with van der Waals surface area (Å²) in [6.45, 7) is 1.95. The van der Waals surface area contributed by atoms with Crippen molar-refractivity contribution in [2.75, 3.05) is 11.9 Å². The highest BCUT2D eigenvalue weighted by Gasteiger charge is 2.61. The van der Waals surface area contributed by atoms with Gasteiger partial charge in [-0.25, -0.2) is 0 Å². The number of likely N-dealkylation sites (N-methyl/N-ethyl adjacent to an activating group) is 1. The molecule has 1 spiro atoms. The zero-order chi connectivity index (χ0) is 17.9. The summed E-state index contributed by atoms with van der Waals surface area (Å²) in [5, 5.41) is 9.77. The lowest BCUT2D eigenvalue weighted by atomic mass is 9.64. The zero-order valence-electron chi connectivity index (χ0n) is 14.0. The molecule has 0 bridgehead atoms. The lowest BCUT2D eigenvalue weighted by molar-refractivity contribution is -0.125. The van der Waals surface area contributed by atoms with Crippen molar-refractivity contribution in [2.45, 2.75) is 25.2 Å². The summed E-state index contributed by atoms with van der Waals surface area (Å²) >= 11 is 0. The predicted molar refractivity (Wildman–Crippen MR) is 89.9 cm³/mol. The standard InChI is InChI=1S/C19H17N3O3/c1-10-7-14(23)16-15(8-10)25-17(21)12(9-20)19(16)11-5-3-4-6-13(11)22(2)18(19)24/h3-6,10H,7-8,21H2,1-2H3/t10-,19-/m0/s1. The minimum atomic E-state index is -1.49. The van der Waals surface area contributed by atoms with E-state index in [1.807, 2.05) is 19.1 Å². The number of ether oxygens (including phenoxy) is 1. The molecule has 4 rings (SSSR count). The first kappa shape index (κ1) is 15.5. The summed E-state index contributed by atoms with van der Waals surface area (Å²) in [6.07, 6.45) is 0.836. The molecule has 25 heavy (non-hydrogen) atoms. The van der Waals surface area contributed by atoms with E-state index in [9.17, 15) is 14.9 Å². The van der Waals surface area contributed by atoms with E-state index >= 15 is 0 Å². The van der Waals surface area contributed by atoms with Crippen LogP contribution < -0.4 is 10.6 Å². The second-order valence-electron chi connectivity index (χ2n) is 6.82. The molecule has 1 amide bonds. The van der Waals surface area contributed by atoms with Crippen LogP contribution in [0.15, 0.2) is 47.1 Å².